The summed E-state index contributed by atoms with van der Waals surface area (Å²) in [7, 11) is -1.87. The largest absolute Gasteiger partial charge is 0.315 e. The van der Waals surface area contributed by atoms with Gasteiger partial charge in [-0.1, -0.05) is 30.7 Å². The predicted molar refractivity (Wildman–Crippen MR) is 110 cm³/mol. The molecule has 0 saturated heterocycles. The Morgan fingerprint density at radius 1 is 1.04 bits per heavy atom. The second kappa shape index (κ2) is 7.01. The zero-order chi connectivity index (χ0) is 20.1. The second-order valence-electron chi connectivity index (χ2n) is 7.74. The molecule has 2 aliphatic rings. The lowest BCUT2D eigenvalue weighted by molar-refractivity contribution is -0.118. The third kappa shape index (κ3) is 3.05. The standard InChI is InChI=1S/C22H26N2O3S/c1-4-20-19-8-5-15(2)13-16(19)11-12-24(20)28(26,27)18-7-9-21-17(14-18)6-10-22(25)23(21)3/h5,7-9,13-14,20H,4,6,10-12H2,1-3H3. The molecule has 1 amide bonds. The first-order valence-corrected chi connectivity index (χ1v) is 11.3. The normalized spacial score (nSPS) is 20.0. The summed E-state index contributed by atoms with van der Waals surface area (Å²) in [6.07, 6.45) is 2.47. The lowest BCUT2D eigenvalue weighted by Crippen LogP contribution is -2.40. The number of sulfonamides is 1. The van der Waals surface area contributed by atoms with E-state index in [2.05, 4.69) is 25.1 Å². The van der Waals surface area contributed by atoms with Gasteiger partial charge in [-0.2, -0.15) is 4.31 Å². The molecule has 0 bridgehead atoms. The molecule has 0 fully saturated rings. The van der Waals surface area contributed by atoms with E-state index in [1.807, 2.05) is 6.92 Å². The van der Waals surface area contributed by atoms with Crippen molar-refractivity contribution in [2.45, 2.75) is 50.5 Å². The minimum absolute atomic E-state index is 0.0667. The van der Waals surface area contributed by atoms with Gasteiger partial charge in [0.15, 0.2) is 0 Å². The molecule has 2 aromatic carbocycles. The summed E-state index contributed by atoms with van der Waals surface area (Å²) in [6, 6.07) is 11.3. The number of rotatable bonds is 3. The van der Waals surface area contributed by atoms with Gasteiger partial charge >= 0.3 is 0 Å². The molecular formula is C22H26N2O3S. The van der Waals surface area contributed by atoms with Gasteiger partial charge in [-0.25, -0.2) is 8.42 Å². The van der Waals surface area contributed by atoms with Crippen LogP contribution in [0.15, 0.2) is 41.3 Å². The monoisotopic (exact) mass is 398 g/mol. The van der Waals surface area contributed by atoms with Crippen LogP contribution in [0.3, 0.4) is 0 Å². The summed E-state index contributed by atoms with van der Waals surface area (Å²) in [6.45, 7) is 4.60. The van der Waals surface area contributed by atoms with Crippen LogP contribution in [-0.2, 0) is 27.7 Å². The number of fused-ring (bicyclic) bond motifs is 2. The molecule has 2 aliphatic heterocycles. The molecule has 1 unspecified atom stereocenters. The maximum absolute atomic E-state index is 13.5. The summed E-state index contributed by atoms with van der Waals surface area (Å²) < 4.78 is 28.7. The Morgan fingerprint density at radius 3 is 2.57 bits per heavy atom. The fraction of sp³-hybridized carbons (Fsp3) is 0.409. The molecular weight excluding hydrogens is 372 g/mol. The van der Waals surface area contributed by atoms with Crippen LogP contribution in [0.4, 0.5) is 5.69 Å². The van der Waals surface area contributed by atoms with Gasteiger partial charge in [-0.3, -0.25) is 4.79 Å². The second-order valence-corrected chi connectivity index (χ2v) is 9.63. The van der Waals surface area contributed by atoms with E-state index in [0.717, 1.165) is 29.7 Å². The summed E-state index contributed by atoms with van der Waals surface area (Å²) in [5, 5.41) is 0. The number of anilines is 1. The number of benzene rings is 2. The van der Waals surface area contributed by atoms with Crippen LogP contribution in [0.25, 0.3) is 0 Å². The fourth-order valence-corrected chi connectivity index (χ4v) is 6.19. The van der Waals surface area contributed by atoms with Gasteiger partial charge in [-0.05, 0) is 61.1 Å². The van der Waals surface area contributed by atoms with Crippen LogP contribution in [0.5, 0.6) is 0 Å². The van der Waals surface area contributed by atoms with Gasteiger partial charge in [0.2, 0.25) is 15.9 Å². The Hall–Kier alpha value is -2.18. The van der Waals surface area contributed by atoms with Crippen LogP contribution in [0, 0.1) is 6.92 Å². The molecule has 0 N–H and O–H groups in total. The number of amides is 1. The predicted octanol–water partition coefficient (Wildman–Crippen LogP) is 3.60. The van der Waals surface area contributed by atoms with Crippen molar-refractivity contribution >= 4 is 21.6 Å². The first-order chi connectivity index (χ1) is 13.3. The Kier molecular flexibility index (Phi) is 4.79. The molecule has 4 rings (SSSR count). The minimum Gasteiger partial charge on any atom is -0.315 e. The summed E-state index contributed by atoms with van der Waals surface area (Å²) in [5.41, 5.74) is 5.30. The van der Waals surface area contributed by atoms with Crippen molar-refractivity contribution in [1.82, 2.24) is 4.31 Å². The van der Waals surface area contributed by atoms with Gasteiger partial charge in [0.25, 0.3) is 0 Å². The van der Waals surface area contributed by atoms with Crippen LogP contribution in [0.1, 0.15) is 48.1 Å². The zero-order valence-electron chi connectivity index (χ0n) is 16.6. The van der Waals surface area contributed by atoms with Crippen LogP contribution in [0.2, 0.25) is 0 Å². The fourth-order valence-electron chi connectivity index (χ4n) is 4.46. The van der Waals surface area contributed by atoms with E-state index in [1.54, 1.807) is 34.5 Å². The topological polar surface area (TPSA) is 57.7 Å². The van der Waals surface area contributed by atoms with Crippen molar-refractivity contribution in [2.24, 2.45) is 0 Å². The van der Waals surface area contributed by atoms with Crippen molar-refractivity contribution < 1.29 is 13.2 Å². The number of hydrogen-bond donors (Lipinski definition) is 0. The van der Waals surface area contributed by atoms with Gasteiger partial charge < -0.3 is 4.90 Å². The number of hydrogen-bond acceptors (Lipinski definition) is 3. The SMILES string of the molecule is CCC1c2ccc(C)cc2CCN1S(=O)(=O)c1ccc2c(c1)CCC(=O)N2C. The highest BCUT2D eigenvalue weighted by Gasteiger charge is 2.36. The van der Waals surface area contributed by atoms with Gasteiger partial charge in [-0.15, -0.1) is 0 Å². The maximum atomic E-state index is 13.5. The van der Waals surface area contributed by atoms with Crippen molar-refractivity contribution in [3.05, 3.63) is 58.7 Å². The van der Waals surface area contributed by atoms with Gasteiger partial charge in [0.1, 0.15) is 0 Å². The highest BCUT2D eigenvalue weighted by molar-refractivity contribution is 7.89. The number of nitrogens with zero attached hydrogens (tertiary/aromatic N) is 2. The Balaban J connectivity index is 1.72. The molecule has 0 aliphatic carbocycles. The smallest absolute Gasteiger partial charge is 0.243 e. The minimum atomic E-state index is -3.61. The molecule has 0 spiro atoms. The zero-order valence-corrected chi connectivity index (χ0v) is 17.4. The third-order valence-corrected chi connectivity index (χ3v) is 7.90. The van der Waals surface area contributed by atoms with E-state index >= 15 is 0 Å². The molecule has 5 nitrogen and oxygen atoms in total. The molecule has 2 aromatic rings. The third-order valence-electron chi connectivity index (χ3n) is 5.99. The summed E-state index contributed by atoms with van der Waals surface area (Å²) in [4.78, 5) is 13.8. The molecule has 0 aromatic heterocycles. The molecule has 148 valence electrons. The molecule has 28 heavy (non-hydrogen) atoms. The summed E-state index contributed by atoms with van der Waals surface area (Å²) >= 11 is 0. The highest BCUT2D eigenvalue weighted by Crippen LogP contribution is 2.38. The Morgan fingerprint density at radius 2 is 1.82 bits per heavy atom. The quantitative estimate of drug-likeness (QED) is 0.794. The number of aryl methyl sites for hydroxylation is 2. The first-order valence-electron chi connectivity index (χ1n) is 9.83. The molecule has 1 atom stereocenters. The lowest BCUT2D eigenvalue weighted by Gasteiger charge is -2.36. The van der Waals surface area contributed by atoms with E-state index in [-0.39, 0.29) is 11.9 Å². The van der Waals surface area contributed by atoms with Crippen molar-refractivity contribution in [3.8, 4) is 0 Å². The van der Waals surface area contributed by atoms with Gasteiger partial charge in [0, 0.05) is 25.7 Å². The average molecular weight is 399 g/mol. The maximum Gasteiger partial charge on any atom is 0.243 e. The van der Waals surface area contributed by atoms with Crippen LogP contribution < -0.4 is 4.90 Å². The molecule has 0 radical (unpaired) electrons. The van der Waals surface area contributed by atoms with E-state index in [1.165, 1.54) is 11.1 Å². The Labute approximate surface area is 167 Å². The van der Waals surface area contributed by atoms with Crippen molar-refractivity contribution in [1.29, 1.82) is 0 Å². The van der Waals surface area contributed by atoms with Crippen molar-refractivity contribution in [3.63, 3.8) is 0 Å². The van der Waals surface area contributed by atoms with Gasteiger partial charge in [0.05, 0.1) is 10.9 Å². The first kappa shape index (κ1) is 19.2. The molecule has 6 heteroatoms. The van der Waals surface area contributed by atoms with Crippen molar-refractivity contribution in [2.75, 3.05) is 18.5 Å². The van der Waals surface area contributed by atoms with E-state index in [4.69, 9.17) is 0 Å². The summed E-state index contributed by atoms with van der Waals surface area (Å²) in [5.74, 6) is 0.0667. The average Bonchev–Trinajstić information content (AvgIpc) is 2.69. The van der Waals surface area contributed by atoms with E-state index in [0.29, 0.717) is 24.3 Å². The number of carbonyl (C=O) groups excluding carboxylic acids is 1. The van der Waals surface area contributed by atoms with E-state index in [9.17, 15) is 13.2 Å². The lowest BCUT2D eigenvalue weighted by atomic mass is 9.91. The van der Waals surface area contributed by atoms with E-state index < -0.39 is 10.0 Å². The Bertz CT molecular complexity index is 1050. The number of carbonyl (C=O) groups is 1. The highest BCUT2D eigenvalue weighted by atomic mass is 32.2. The molecule has 2 heterocycles. The van der Waals surface area contributed by atoms with Crippen LogP contribution in [-0.4, -0.2) is 32.2 Å². The van der Waals surface area contributed by atoms with Crippen LogP contribution >= 0.6 is 0 Å². The molecule has 0 saturated carbocycles.